The topological polar surface area (TPSA) is 44.4 Å². The van der Waals surface area contributed by atoms with Crippen molar-refractivity contribution in [3.63, 3.8) is 0 Å². The summed E-state index contributed by atoms with van der Waals surface area (Å²) in [5, 5.41) is 6.29. The third-order valence-corrected chi connectivity index (χ3v) is 3.91. The van der Waals surface area contributed by atoms with Crippen molar-refractivity contribution in [3.8, 4) is 0 Å². The van der Waals surface area contributed by atoms with Crippen molar-refractivity contribution in [3.05, 3.63) is 35.9 Å². The third-order valence-electron chi connectivity index (χ3n) is 3.91. The lowest BCUT2D eigenvalue weighted by atomic mass is 9.99. The lowest BCUT2D eigenvalue weighted by molar-refractivity contribution is -0.128. The highest BCUT2D eigenvalue weighted by Gasteiger charge is 2.33. The number of carbonyl (C=O) groups excluding carboxylic acids is 1. The standard InChI is InChI=1S/C16H25N3O/c1-3-14(13-8-6-5-7-9-13)19-11-10-17-12-15(19)16(20)18-4-2/h5-9,14-15,17H,3-4,10-12H2,1-2H3,(H,18,20). The zero-order valence-corrected chi connectivity index (χ0v) is 12.4. The van der Waals surface area contributed by atoms with Gasteiger partial charge in [-0.25, -0.2) is 0 Å². The van der Waals surface area contributed by atoms with Gasteiger partial charge in [-0.1, -0.05) is 37.3 Å². The van der Waals surface area contributed by atoms with E-state index in [0.717, 1.165) is 26.1 Å². The van der Waals surface area contributed by atoms with E-state index in [1.807, 2.05) is 13.0 Å². The van der Waals surface area contributed by atoms with Gasteiger partial charge >= 0.3 is 0 Å². The average molecular weight is 275 g/mol. The maximum Gasteiger partial charge on any atom is 0.238 e. The van der Waals surface area contributed by atoms with Crippen LogP contribution in [0.5, 0.6) is 0 Å². The average Bonchev–Trinajstić information content (AvgIpc) is 2.50. The fourth-order valence-corrected chi connectivity index (χ4v) is 2.97. The summed E-state index contributed by atoms with van der Waals surface area (Å²) in [4.78, 5) is 14.6. The van der Waals surface area contributed by atoms with E-state index in [2.05, 4.69) is 46.7 Å². The molecule has 1 aliphatic rings. The largest absolute Gasteiger partial charge is 0.355 e. The van der Waals surface area contributed by atoms with Crippen molar-refractivity contribution >= 4 is 5.91 Å². The molecule has 0 saturated carbocycles. The summed E-state index contributed by atoms with van der Waals surface area (Å²) in [6, 6.07) is 10.7. The fraction of sp³-hybridized carbons (Fsp3) is 0.562. The Kier molecular flexibility index (Phi) is 5.56. The molecule has 110 valence electrons. The Morgan fingerprint density at radius 3 is 2.80 bits per heavy atom. The van der Waals surface area contributed by atoms with Crippen LogP contribution in [0.3, 0.4) is 0 Å². The molecular formula is C16H25N3O. The Balaban J connectivity index is 2.19. The van der Waals surface area contributed by atoms with Crippen LogP contribution in [-0.4, -0.2) is 43.0 Å². The van der Waals surface area contributed by atoms with Crippen molar-refractivity contribution < 1.29 is 4.79 Å². The van der Waals surface area contributed by atoms with Gasteiger partial charge in [0.2, 0.25) is 5.91 Å². The number of carbonyl (C=O) groups is 1. The summed E-state index contributed by atoms with van der Waals surface area (Å²) in [5.41, 5.74) is 1.30. The molecule has 20 heavy (non-hydrogen) atoms. The predicted molar refractivity (Wildman–Crippen MR) is 81.5 cm³/mol. The number of benzene rings is 1. The van der Waals surface area contributed by atoms with Crippen molar-refractivity contribution in [2.24, 2.45) is 0 Å². The Morgan fingerprint density at radius 1 is 1.40 bits per heavy atom. The molecule has 1 saturated heterocycles. The summed E-state index contributed by atoms with van der Waals surface area (Å²) in [6.07, 6.45) is 1.01. The normalized spacial score (nSPS) is 21.4. The number of amides is 1. The number of nitrogens with one attached hydrogen (secondary N) is 2. The van der Waals surface area contributed by atoms with E-state index in [4.69, 9.17) is 0 Å². The summed E-state index contributed by atoms with van der Waals surface area (Å²) in [7, 11) is 0. The third kappa shape index (κ3) is 3.38. The van der Waals surface area contributed by atoms with Crippen LogP contribution < -0.4 is 10.6 Å². The lowest BCUT2D eigenvalue weighted by Crippen LogP contribution is -2.58. The molecule has 2 atom stereocenters. The Hall–Kier alpha value is -1.39. The van der Waals surface area contributed by atoms with E-state index in [9.17, 15) is 4.79 Å². The number of rotatable bonds is 5. The maximum atomic E-state index is 12.3. The molecule has 0 radical (unpaired) electrons. The van der Waals surface area contributed by atoms with Crippen LogP contribution in [0.1, 0.15) is 31.9 Å². The first kappa shape index (κ1) is 15.0. The molecular weight excluding hydrogens is 250 g/mol. The predicted octanol–water partition coefficient (Wildman–Crippen LogP) is 1.55. The second-order valence-corrected chi connectivity index (χ2v) is 5.19. The summed E-state index contributed by atoms with van der Waals surface area (Å²) in [5.74, 6) is 0.133. The Labute approximate surface area is 121 Å². The molecule has 1 amide bonds. The minimum atomic E-state index is -0.0751. The summed E-state index contributed by atoms with van der Waals surface area (Å²) < 4.78 is 0. The summed E-state index contributed by atoms with van der Waals surface area (Å²) in [6.45, 7) is 7.43. The summed E-state index contributed by atoms with van der Waals surface area (Å²) >= 11 is 0. The number of hydrogen-bond donors (Lipinski definition) is 2. The van der Waals surface area contributed by atoms with Gasteiger partial charge in [0.05, 0.1) is 0 Å². The van der Waals surface area contributed by atoms with Crippen LogP contribution in [0, 0.1) is 0 Å². The molecule has 1 fully saturated rings. The molecule has 1 heterocycles. The highest BCUT2D eigenvalue weighted by molar-refractivity contribution is 5.82. The first-order valence-corrected chi connectivity index (χ1v) is 7.57. The lowest BCUT2D eigenvalue weighted by Gasteiger charge is -2.40. The van der Waals surface area contributed by atoms with Gasteiger partial charge in [-0.15, -0.1) is 0 Å². The molecule has 2 N–H and O–H groups in total. The maximum absolute atomic E-state index is 12.3. The number of piperazine rings is 1. The molecule has 4 heteroatoms. The molecule has 0 aromatic heterocycles. The SMILES string of the molecule is CCNC(=O)C1CNCCN1C(CC)c1ccccc1. The van der Waals surface area contributed by atoms with Gasteiger partial charge in [0, 0.05) is 32.2 Å². The monoisotopic (exact) mass is 275 g/mol. The van der Waals surface area contributed by atoms with Crippen LogP contribution in [0.15, 0.2) is 30.3 Å². The molecule has 1 aromatic carbocycles. The second-order valence-electron chi connectivity index (χ2n) is 5.19. The smallest absolute Gasteiger partial charge is 0.238 e. The van der Waals surface area contributed by atoms with Gasteiger partial charge in [-0.3, -0.25) is 9.69 Å². The van der Waals surface area contributed by atoms with E-state index < -0.39 is 0 Å². The number of hydrogen-bond acceptors (Lipinski definition) is 3. The minimum absolute atomic E-state index is 0.0751. The number of likely N-dealkylation sites (N-methyl/N-ethyl adjacent to an activating group) is 1. The van der Waals surface area contributed by atoms with Crippen molar-refractivity contribution in [1.29, 1.82) is 0 Å². The molecule has 2 rings (SSSR count). The highest BCUT2D eigenvalue weighted by Crippen LogP contribution is 2.26. The molecule has 1 aliphatic heterocycles. The van der Waals surface area contributed by atoms with E-state index >= 15 is 0 Å². The first-order valence-electron chi connectivity index (χ1n) is 7.57. The quantitative estimate of drug-likeness (QED) is 0.857. The zero-order chi connectivity index (χ0) is 14.4. The number of nitrogens with zero attached hydrogens (tertiary/aromatic N) is 1. The fourth-order valence-electron chi connectivity index (χ4n) is 2.97. The van der Waals surface area contributed by atoms with Gasteiger partial charge < -0.3 is 10.6 Å². The van der Waals surface area contributed by atoms with Crippen LogP contribution >= 0.6 is 0 Å². The van der Waals surface area contributed by atoms with Gasteiger partial charge in [0.25, 0.3) is 0 Å². The minimum Gasteiger partial charge on any atom is -0.355 e. The molecule has 1 aromatic rings. The van der Waals surface area contributed by atoms with Crippen LogP contribution in [0.4, 0.5) is 0 Å². The first-order chi connectivity index (χ1) is 9.77. The molecule has 0 aliphatic carbocycles. The van der Waals surface area contributed by atoms with Gasteiger partial charge in [0.15, 0.2) is 0 Å². The van der Waals surface area contributed by atoms with Crippen molar-refractivity contribution in [1.82, 2.24) is 15.5 Å². The van der Waals surface area contributed by atoms with Crippen LogP contribution in [-0.2, 0) is 4.79 Å². The van der Waals surface area contributed by atoms with Gasteiger partial charge in [0.1, 0.15) is 6.04 Å². The zero-order valence-electron chi connectivity index (χ0n) is 12.4. The van der Waals surface area contributed by atoms with E-state index in [1.54, 1.807) is 0 Å². The van der Waals surface area contributed by atoms with Crippen molar-refractivity contribution in [2.75, 3.05) is 26.2 Å². The molecule has 2 unspecified atom stereocenters. The van der Waals surface area contributed by atoms with Gasteiger partial charge in [-0.05, 0) is 18.9 Å². The Bertz CT molecular complexity index is 421. The molecule has 0 bridgehead atoms. The molecule has 0 spiro atoms. The van der Waals surface area contributed by atoms with Gasteiger partial charge in [-0.2, -0.15) is 0 Å². The molecule has 4 nitrogen and oxygen atoms in total. The Morgan fingerprint density at radius 2 is 2.15 bits per heavy atom. The van der Waals surface area contributed by atoms with Crippen molar-refractivity contribution in [2.45, 2.75) is 32.4 Å². The van der Waals surface area contributed by atoms with Crippen LogP contribution in [0.25, 0.3) is 0 Å². The second kappa shape index (κ2) is 7.41. The van der Waals surface area contributed by atoms with E-state index in [0.29, 0.717) is 12.6 Å². The van der Waals surface area contributed by atoms with Crippen LogP contribution in [0.2, 0.25) is 0 Å². The highest BCUT2D eigenvalue weighted by atomic mass is 16.2. The van der Waals surface area contributed by atoms with E-state index in [1.165, 1.54) is 5.56 Å². The van der Waals surface area contributed by atoms with E-state index in [-0.39, 0.29) is 11.9 Å².